The predicted octanol–water partition coefficient (Wildman–Crippen LogP) is 1.18. The van der Waals surface area contributed by atoms with Crippen LogP contribution in [0.2, 0.25) is 0 Å². The molecule has 0 saturated carbocycles. The molecule has 126 valence electrons. The number of hydrogen-bond donors (Lipinski definition) is 1. The molecule has 2 aromatic rings. The molecule has 24 heavy (non-hydrogen) atoms. The molecule has 0 radical (unpaired) electrons. The van der Waals surface area contributed by atoms with Crippen LogP contribution in [0.4, 0.5) is 0 Å². The Bertz CT molecular complexity index is 822. The maximum atomic E-state index is 12.8. The van der Waals surface area contributed by atoms with Gasteiger partial charge in [-0.1, -0.05) is 30.3 Å². The lowest BCUT2D eigenvalue weighted by Crippen LogP contribution is -2.37. The summed E-state index contributed by atoms with van der Waals surface area (Å²) in [4.78, 5) is 22.0. The molecule has 3 rings (SSSR count). The molecular weight excluding hydrogens is 330 g/mol. The molecule has 0 spiro atoms. The number of hydrogen-bond acceptors (Lipinski definition) is 6. The molecule has 1 aliphatic heterocycles. The highest BCUT2D eigenvalue weighted by molar-refractivity contribution is 7.91. The summed E-state index contributed by atoms with van der Waals surface area (Å²) in [6, 6.07) is 8.50. The van der Waals surface area contributed by atoms with Crippen LogP contribution in [-0.4, -0.2) is 52.3 Å². The third-order valence-electron chi connectivity index (χ3n) is 3.92. The van der Waals surface area contributed by atoms with Crippen LogP contribution in [0.5, 0.6) is 5.75 Å². The van der Waals surface area contributed by atoms with Gasteiger partial charge in [-0.15, -0.1) is 0 Å². The maximum Gasteiger partial charge on any atom is 0.292 e. The van der Waals surface area contributed by atoms with E-state index >= 15 is 0 Å². The number of carbonyl (C=O) groups excluding carboxylic acids is 1. The number of benzene rings is 1. The Labute approximate surface area is 139 Å². The van der Waals surface area contributed by atoms with Crippen LogP contribution in [0.15, 0.2) is 42.7 Å². The Morgan fingerprint density at radius 1 is 1.17 bits per heavy atom. The van der Waals surface area contributed by atoms with Gasteiger partial charge in [0.15, 0.2) is 15.6 Å². The van der Waals surface area contributed by atoms with Crippen molar-refractivity contribution in [3.8, 4) is 5.75 Å². The summed E-state index contributed by atoms with van der Waals surface area (Å²) >= 11 is 0. The summed E-state index contributed by atoms with van der Waals surface area (Å²) in [5, 5.41) is 9.26. The van der Waals surface area contributed by atoms with E-state index in [1.165, 1.54) is 4.90 Å². The quantitative estimate of drug-likeness (QED) is 0.876. The topological polar surface area (TPSA) is 100 Å². The second-order valence-electron chi connectivity index (χ2n) is 5.66. The van der Waals surface area contributed by atoms with E-state index in [0.29, 0.717) is 13.0 Å². The molecule has 1 aromatic carbocycles. The van der Waals surface area contributed by atoms with Gasteiger partial charge in [-0.3, -0.25) is 4.79 Å². The van der Waals surface area contributed by atoms with Gasteiger partial charge < -0.3 is 10.0 Å². The zero-order valence-corrected chi connectivity index (χ0v) is 13.7. The molecule has 8 heteroatoms. The van der Waals surface area contributed by atoms with Crippen molar-refractivity contribution in [1.29, 1.82) is 0 Å². The predicted molar refractivity (Wildman–Crippen MR) is 87.2 cm³/mol. The van der Waals surface area contributed by atoms with E-state index in [1.807, 2.05) is 30.3 Å². The minimum absolute atomic E-state index is 0.0521. The van der Waals surface area contributed by atoms with Crippen molar-refractivity contribution in [2.75, 3.05) is 18.1 Å². The Kier molecular flexibility index (Phi) is 4.48. The third-order valence-corrected chi connectivity index (χ3v) is 5.65. The number of sulfone groups is 1. The van der Waals surface area contributed by atoms with E-state index < -0.39 is 21.8 Å². The Hall–Kier alpha value is -2.48. The molecule has 1 N–H and O–H groups in total. The summed E-state index contributed by atoms with van der Waals surface area (Å²) in [6.07, 6.45) is 2.66. The van der Waals surface area contributed by atoms with Gasteiger partial charge in [0.25, 0.3) is 5.91 Å². The maximum absolute atomic E-state index is 12.8. The Morgan fingerprint density at radius 2 is 1.83 bits per heavy atom. The number of rotatable bonds is 2. The van der Waals surface area contributed by atoms with Crippen LogP contribution in [0, 0.1) is 0 Å². The van der Waals surface area contributed by atoms with Crippen LogP contribution in [0.3, 0.4) is 0 Å². The van der Waals surface area contributed by atoms with E-state index in [2.05, 4.69) is 9.97 Å². The second-order valence-corrected chi connectivity index (χ2v) is 7.89. The van der Waals surface area contributed by atoms with Gasteiger partial charge >= 0.3 is 0 Å². The molecule has 1 unspecified atom stereocenters. The van der Waals surface area contributed by atoms with Crippen molar-refractivity contribution in [3.63, 3.8) is 0 Å². The average molecular weight is 347 g/mol. The summed E-state index contributed by atoms with van der Waals surface area (Å²) in [5.74, 6) is -0.712. The highest BCUT2D eigenvalue weighted by Crippen LogP contribution is 2.27. The fraction of sp³-hybridized carbons (Fsp3) is 0.312. The number of aromatic hydroxyl groups is 1. The zero-order chi connectivity index (χ0) is 17.2. The van der Waals surface area contributed by atoms with Gasteiger partial charge in [0.05, 0.1) is 29.9 Å². The molecule has 1 fully saturated rings. The molecule has 1 atom stereocenters. The lowest BCUT2D eigenvalue weighted by Gasteiger charge is -2.29. The first-order chi connectivity index (χ1) is 11.5. The average Bonchev–Trinajstić information content (AvgIpc) is 2.74. The smallest absolute Gasteiger partial charge is 0.292 e. The van der Waals surface area contributed by atoms with E-state index in [-0.39, 0.29) is 23.1 Å². The molecule has 1 aliphatic rings. The molecule has 2 heterocycles. The van der Waals surface area contributed by atoms with Gasteiger partial charge in [-0.05, 0) is 12.0 Å². The van der Waals surface area contributed by atoms with Crippen LogP contribution >= 0.6 is 0 Å². The van der Waals surface area contributed by atoms with Gasteiger partial charge in [0, 0.05) is 6.54 Å². The van der Waals surface area contributed by atoms with Crippen LogP contribution in [0.1, 0.15) is 28.6 Å². The van der Waals surface area contributed by atoms with Crippen molar-refractivity contribution in [3.05, 3.63) is 54.1 Å². The highest BCUT2D eigenvalue weighted by atomic mass is 32.2. The van der Waals surface area contributed by atoms with Crippen molar-refractivity contribution < 1.29 is 18.3 Å². The molecule has 1 amide bonds. The monoisotopic (exact) mass is 347 g/mol. The molecule has 0 bridgehead atoms. The first kappa shape index (κ1) is 16.4. The largest absolute Gasteiger partial charge is 0.505 e. The minimum atomic E-state index is -3.25. The lowest BCUT2D eigenvalue weighted by molar-refractivity contribution is 0.0685. The Morgan fingerprint density at radius 3 is 2.50 bits per heavy atom. The fourth-order valence-corrected chi connectivity index (χ4v) is 4.37. The van der Waals surface area contributed by atoms with Gasteiger partial charge in [0.2, 0.25) is 5.82 Å². The fourth-order valence-electron chi connectivity index (χ4n) is 2.78. The molecular formula is C16H17N3O4S. The van der Waals surface area contributed by atoms with Crippen molar-refractivity contribution in [2.45, 2.75) is 12.5 Å². The SMILES string of the molecule is O=C(c1ncc(O)cn1)N1CCCS(=O)(=O)CC1c1ccccc1. The minimum Gasteiger partial charge on any atom is -0.505 e. The van der Waals surface area contributed by atoms with E-state index in [9.17, 15) is 18.3 Å². The Balaban J connectivity index is 1.99. The van der Waals surface area contributed by atoms with Gasteiger partial charge in [-0.2, -0.15) is 0 Å². The first-order valence-electron chi connectivity index (χ1n) is 7.54. The molecule has 7 nitrogen and oxygen atoms in total. The van der Waals surface area contributed by atoms with E-state index in [4.69, 9.17) is 0 Å². The van der Waals surface area contributed by atoms with E-state index in [0.717, 1.165) is 18.0 Å². The van der Waals surface area contributed by atoms with Gasteiger partial charge in [0.1, 0.15) is 0 Å². The van der Waals surface area contributed by atoms with Crippen LogP contribution < -0.4 is 0 Å². The molecule has 1 aromatic heterocycles. The van der Waals surface area contributed by atoms with Gasteiger partial charge in [-0.25, -0.2) is 18.4 Å². The van der Waals surface area contributed by atoms with Crippen LogP contribution in [0.25, 0.3) is 0 Å². The lowest BCUT2D eigenvalue weighted by atomic mass is 10.1. The normalized spacial score (nSPS) is 20.3. The third kappa shape index (κ3) is 3.53. The molecule has 0 aliphatic carbocycles. The summed E-state index contributed by atoms with van der Waals surface area (Å²) in [7, 11) is -3.25. The van der Waals surface area contributed by atoms with E-state index in [1.54, 1.807) is 0 Å². The summed E-state index contributed by atoms with van der Waals surface area (Å²) < 4.78 is 24.4. The van der Waals surface area contributed by atoms with Crippen molar-refractivity contribution in [2.24, 2.45) is 0 Å². The standard InChI is InChI=1S/C16H17N3O4S/c20-13-9-17-15(18-10-13)16(21)19-7-4-8-24(22,23)11-14(19)12-5-2-1-3-6-12/h1-3,5-6,9-10,14,20H,4,7-8,11H2. The number of carbonyl (C=O) groups is 1. The second kappa shape index (κ2) is 6.56. The van der Waals surface area contributed by atoms with Crippen molar-refractivity contribution >= 4 is 15.7 Å². The number of aromatic nitrogens is 2. The number of amides is 1. The highest BCUT2D eigenvalue weighted by Gasteiger charge is 2.34. The number of nitrogens with zero attached hydrogens (tertiary/aromatic N) is 3. The van der Waals surface area contributed by atoms with Crippen molar-refractivity contribution in [1.82, 2.24) is 14.9 Å². The zero-order valence-electron chi connectivity index (χ0n) is 12.9. The van der Waals surface area contributed by atoms with Crippen LogP contribution in [-0.2, 0) is 9.84 Å². The molecule has 1 saturated heterocycles. The summed E-state index contributed by atoms with van der Waals surface area (Å²) in [6.45, 7) is 0.307. The summed E-state index contributed by atoms with van der Waals surface area (Å²) in [5.41, 5.74) is 0.759. The first-order valence-corrected chi connectivity index (χ1v) is 9.36.